The van der Waals surface area contributed by atoms with E-state index in [0.29, 0.717) is 18.9 Å². The summed E-state index contributed by atoms with van der Waals surface area (Å²) in [6.07, 6.45) is 11.8. The van der Waals surface area contributed by atoms with E-state index in [4.69, 9.17) is 29.3 Å². The van der Waals surface area contributed by atoms with Crippen LogP contribution >= 0.6 is 23.5 Å². The molecule has 0 amide bonds. The molecule has 44 heavy (non-hydrogen) atoms. The minimum Gasteiger partial charge on any atom is -0.497 e. The number of piperidine rings is 1. The summed E-state index contributed by atoms with van der Waals surface area (Å²) in [5, 5.41) is 14.8. The molecule has 2 heterocycles. The van der Waals surface area contributed by atoms with E-state index in [9.17, 15) is 4.79 Å². The highest BCUT2D eigenvalue weighted by Gasteiger charge is 2.26. The molecule has 0 bridgehead atoms. The molecule has 0 radical (unpaired) electrons. The third kappa shape index (κ3) is 10.9. The fourth-order valence-corrected chi connectivity index (χ4v) is 7.40. The molecule has 0 unspecified atom stereocenters. The molecular formula is C33H46N2O7S2. The first kappa shape index (κ1) is 35.6. The van der Waals surface area contributed by atoms with E-state index in [2.05, 4.69) is 59.4 Å². The Labute approximate surface area is 269 Å². The first-order valence-corrected chi connectivity index (χ1v) is 17.5. The van der Waals surface area contributed by atoms with Crippen molar-refractivity contribution in [2.75, 3.05) is 51.1 Å². The number of rotatable bonds is 14. The topological polar surface area (TPSA) is 117 Å². The van der Waals surface area contributed by atoms with Crippen LogP contribution < -0.4 is 9.64 Å². The van der Waals surface area contributed by atoms with Crippen LogP contribution in [0.1, 0.15) is 64.7 Å². The van der Waals surface area contributed by atoms with E-state index in [-0.39, 0.29) is 5.97 Å². The number of unbranched alkanes of at least 4 members (excludes halogenated alkanes) is 3. The number of hydrogen-bond acceptors (Lipinski definition) is 9. The Morgan fingerprint density at radius 1 is 0.977 bits per heavy atom. The van der Waals surface area contributed by atoms with Crippen molar-refractivity contribution < 1.29 is 34.1 Å². The summed E-state index contributed by atoms with van der Waals surface area (Å²) in [5.41, 5.74) is 2.56. The van der Waals surface area contributed by atoms with Crippen LogP contribution in [0.15, 0.2) is 51.1 Å². The number of carboxylic acid groups (broad SMARTS) is 2. The molecule has 242 valence electrons. The van der Waals surface area contributed by atoms with Crippen molar-refractivity contribution in [3.05, 3.63) is 36.4 Å². The minimum absolute atomic E-state index is 0.0138. The van der Waals surface area contributed by atoms with Gasteiger partial charge in [0.25, 0.3) is 0 Å². The van der Waals surface area contributed by atoms with Crippen LogP contribution in [0.25, 0.3) is 0 Å². The molecule has 0 aromatic heterocycles. The Kier molecular flexibility index (Phi) is 15.2. The maximum Gasteiger partial charge on any atom is 0.414 e. The molecule has 0 atom stereocenters. The number of thioether (sulfide) groups is 1. The zero-order valence-corrected chi connectivity index (χ0v) is 27.7. The predicted molar refractivity (Wildman–Crippen MR) is 176 cm³/mol. The second-order valence-corrected chi connectivity index (χ2v) is 12.9. The molecule has 2 aliphatic heterocycles. The Bertz CT molecular complexity index is 1220. The Morgan fingerprint density at radius 2 is 1.73 bits per heavy atom. The van der Waals surface area contributed by atoms with E-state index in [1.54, 1.807) is 7.11 Å². The fourth-order valence-electron chi connectivity index (χ4n) is 5.44. The molecule has 0 spiro atoms. The third-order valence-electron chi connectivity index (χ3n) is 7.91. The lowest BCUT2D eigenvalue weighted by molar-refractivity contribution is -0.159. The Hall–Kier alpha value is -2.89. The van der Waals surface area contributed by atoms with Crippen molar-refractivity contribution in [3.63, 3.8) is 0 Å². The normalized spacial score (nSPS) is 14.6. The van der Waals surface area contributed by atoms with Gasteiger partial charge in [0.1, 0.15) is 5.75 Å². The van der Waals surface area contributed by atoms with E-state index >= 15 is 0 Å². The summed E-state index contributed by atoms with van der Waals surface area (Å²) in [6, 6.07) is 13.1. The minimum atomic E-state index is -1.82. The smallest absolute Gasteiger partial charge is 0.414 e. The summed E-state index contributed by atoms with van der Waals surface area (Å²) in [4.78, 5) is 39.2. The average molecular weight is 647 g/mol. The summed E-state index contributed by atoms with van der Waals surface area (Å²) in [7, 11) is 1.74. The highest BCUT2D eigenvalue weighted by molar-refractivity contribution is 8.02. The standard InChI is InChI=1S/C31H44N2O3S2.C2H2O4/c1-4-5-6-7-12-30(34)36-22-17-24-15-20-32(21-16-24)18-9-19-33-26-10-8-11-29(37-3)31(26)38-28-14-13-25(35-2)23-27(28)33;3-1(4)2(5)6/h8,10-11,13-14,23-24H,4-7,9,12,15-22H2,1-3H3;(H,3,4)(H,5,6). The summed E-state index contributed by atoms with van der Waals surface area (Å²) < 4.78 is 11.1. The van der Waals surface area contributed by atoms with Gasteiger partial charge in [-0.1, -0.05) is 44.0 Å². The first-order chi connectivity index (χ1) is 21.3. The number of carbonyl (C=O) groups excluding carboxylic acids is 1. The number of hydrogen-bond donors (Lipinski definition) is 2. The second-order valence-electron chi connectivity index (χ2n) is 11.0. The van der Waals surface area contributed by atoms with E-state index < -0.39 is 11.9 Å². The molecule has 1 saturated heterocycles. The van der Waals surface area contributed by atoms with Gasteiger partial charge in [0.2, 0.25) is 0 Å². The predicted octanol–water partition coefficient (Wildman–Crippen LogP) is 7.18. The zero-order valence-electron chi connectivity index (χ0n) is 26.1. The van der Waals surface area contributed by atoms with Crippen molar-refractivity contribution in [1.82, 2.24) is 4.90 Å². The number of benzene rings is 2. The van der Waals surface area contributed by atoms with E-state index in [1.807, 2.05) is 23.5 Å². The highest BCUT2D eigenvalue weighted by atomic mass is 32.2. The van der Waals surface area contributed by atoms with Gasteiger partial charge in [-0.05, 0) is 88.2 Å². The van der Waals surface area contributed by atoms with Crippen LogP contribution in [0.3, 0.4) is 0 Å². The molecule has 1 fully saturated rings. The largest absolute Gasteiger partial charge is 0.497 e. The molecule has 9 nitrogen and oxygen atoms in total. The van der Waals surface area contributed by atoms with Crippen LogP contribution in [0, 0.1) is 5.92 Å². The van der Waals surface area contributed by atoms with Crippen LogP contribution in [0.2, 0.25) is 0 Å². The fraction of sp³-hybridized carbons (Fsp3) is 0.545. The van der Waals surface area contributed by atoms with Crippen molar-refractivity contribution in [1.29, 1.82) is 0 Å². The number of carboxylic acids is 2. The Morgan fingerprint density at radius 3 is 2.39 bits per heavy atom. The maximum absolute atomic E-state index is 11.9. The van der Waals surface area contributed by atoms with Crippen molar-refractivity contribution >= 4 is 52.8 Å². The average Bonchev–Trinajstić information content (AvgIpc) is 3.03. The molecular weight excluding hydrogens is 601 g/mol. The molecule has 0 saturated carbocycles. The van der Waals surface area contributed by atoms with Gasteiger partial charge in [-0.3, -0.25) is 4.79 Å². The number of ether oxygens (including phenoxy) is 2. The SMILES string of the molecule is CCCCCCC(=O)OCCC1CCN(CCCN2c3cc(OC)ccc3Sc3c(SC)cccc32)CC1.O=C(O)C(=O)O. The molecule has 0 aliphatic carbocycles. The number of fused-ring (bicyclic) bond motifs is 2. The van der Waals surface area contributed by atoms with Crippen LogP contribution in [0.5, 0.6) is 5.75 Å². The maximum atomic E-state index is 11.9. The summed E-state index contributed by atoms with van der Waals surface area (Å²) in [6.45, 7) is 7.16. The molecule has 4 rings (SSSR count). The summed E-state index contributed by atoms with van der Waals surface area (Å²) in [5.74, 6) is -2.08. The van der Waals surface area contributed by atoms with Crippen LogP contribution in [0.4, 0.5) is 11.4 Å². The number of esters is 1. The number of aliphatic carboxylic acids is 2. The number of methoxy groups -OCH3 is 1. The van der Waals surface area contributed by atoms with Gasteiger partial charge >= 0.3 is 17.9 Å². The molecule has 2 aromatic carbocycles. The highest BCUT2D eigenvalue weighted by Crippen LogP contribution is 2.52. The van der Waals surface area contributed by atoms with Gasteiger partial charge in [-0.25, -0.2) is 9.59 Å². The first-order valence-electron chi connectivity index (χ1n) is 15.4. The molecule has 11 heteroatoms. The lowest BCUT2D eigenvalue weighted by Gasteiger charge is -2.35. The zero-order chi connectivity index (χ0) is 31.9. The quantitative estimate of drug-likeness (QED) is 0.0941. The van der Waals surface area contributed by atoms with Gasteiger partial charge in [0.05, 0.1) is 25.1 Å². The molecule has 2 N–H and O–H groups in total. The number of anilines is 2. The summed E-state index contributed by atoms with van der Waals surface area (Å²) >= 11 is 3.69. The van der Waals surface area contributed by atoms with Gasteiger partial charge in [-0.15, -0.1) is 11.8 Å². The Balaban J connectivity index is 0.000000801. The monoisotopic (exact) mass is 646 g/mol. The number of likely N-dealkylation sites (tertiary alicyclic amines) is 1. The van der Waals surface area contributed by atoms with Gasteiger partial charge in [-0.2, -0.15) is 0 Å². The second kappa shape index (κ2) is 18.8. The van der Waals surface area contributed by atoms with Gasteiger partial charge in [0, 0.05) is 33.7 Å². The van der Waals surface area contributed by atoms with Gasteiger partial charge in [0.15, 0.2) is 0 Å². The van der Waals surface area contributed by atoms with Gasteiger partial charge < -0.3 is 29.5 Å². The molecule has 2 aliphatic rings. The van der Waals surface area contributed by atoms with E-state index in [0.717, 1.165) is 57.6 Å². The van der Waals surface area contributed by atoms with Crippen LogP contribution in [-0.4, -0.2) is 79.2 Å². The third-order valence-corrected chi connectivity index (χ3v) is 10.0. The lowest BCUT2D eigenvalue weighted by Crippen LogP contribution is -2.36. The van der Waals surface area contributed by atoms with Crippen LogP contribution in [-0.2, 0) is 19.1 Å². The molecule has 2 aromatic rings. The van der Waals surface area contributed by atoms with E-state index in [1.165, 1.54) is 51.7 Å². The van der Waals surface area contributed by atoms with Crippen molar-refractivity contribution in [2.45, 2.75) is 79.4 Å². The van der Waals surface area contributed by atoms with Crippen molar-refractivity contribution in [3.8, 4) is 5.75 Å². The number of carbonyl (C=O) groups is 3. The van der Waals surface area contributed by atoms with Crippen molar-refractivity contribution in [2.24, 2.45) is 5.92 Å². The lowest BCUT2D eigenvalue weighted by atomic mass is 9.94. The number of nitrogens with zero attached hydrogens (tertiary/aromatic N) is 2.